The molecule has 5 heteroatoms. The number of rotatable bonds is 5. The first-order chi connectivity index (χ1) is 11.5. The maximum Gasteiger partial charge on any atom is 0.258 e. The van der Waals surface area contributed by atoms with Crippen molar-refractivity contribution < 1.29 is 13.9 Å². The molecule has 1 heterocycles. The summed E-state index contributed by atoms with van der Waals surface area (Å²) in [4.78, 5) is 12.1. The lowest BCUT2D eigenvalue weighted by Crippen LogP contribution is -2.31. The third-order valence-corrected chi connectivity index (χ3v) is 4.31. The molecule has 0 radical (unpaired) electrons. The predicted molar refractivity (Wildman–Crippen MR) is 97.1 cm³/mol. The van der Waals surface area contributed by atoms with Crippen LogP contribution in [-0.4, -0.2) is 12.5 Å². The molecule has 0 aliphatic heterocycles. The average molecular weight is 388 g/mol. The topological polar surface area (TPSA) is 51.5 Å². The monoisotopic (exact) mass is 387 g/mol. The van der Waals surface area contributed by atoms with Crippen LogP contribution < -0.4 is 10.1 Å². The summed E-state index contributed by atoms with van der Waals surface area (Å²) in [5.74, 6) is 1.17. The fourth-order valence-electron chi connectivity index (χ4n) is 2.44. The summed E-state index contributed by atoms with van der Waals surface area (Å²) >= 11 is 3.43. The van der Waals surface area contributed by atoms with E-state index in [-0.39, 0.29) is 18.6 Å². The molecular formula is C19H18BrNO3. The highest BCUT2D eigenvalue weighted by Crippen LogP contribution is 2.26. The molecule has 1 amide bonds. The van der Waals surface area contributed by atoms with Crippen LogP contribution in [0.1, 0.15) is 24.3 Å². The van der Waals surface area contributed by atoms with Gasteiger partial charge in [0.1, 0.15) is 17.1 Å². The first-order valence-electron chi connectivity index (χ1n) is 7.70. The third kappa shape index (κ3) is 3.79. The zero-order valence-corrected chi connectivity index (χ0v) is 15.1. The van der Waals surface area contributed by atoms with E-state index in [9.17, 15) is 4.79 Å². The van der Waals surface area contributed by atoms with Gasteiger partial charge in [0.05, 0.1) is 10.5 Å². The molecule has 0 fully saturated rings. The summed E-state index contributed by atoms with van der Waals surface area (Å²) in [6.07, 6.45) is 0. The van der Waals surface area contributed by atoms with Gasteiger partial charge in [-0.25, -0.2) is 0 Å². The van der Waals surface area contributed by atoms with Crippen molar-refractivity contribution >= 4 is 32.8 Å². The van der Waals surface area contributed by atoms with Gasteiger partial charge in [-0.1, -0.05) is 24.3 Å². The van der Waals surface area contributed by atoms with Crippen LogP contribution in [0, 0.1) is 6.92 Å². The second kappa shape index (κ2) is 7.09. The summed E-state index contributed by atoms with van der Waals surface area (Å²) in [6, 6.07) is 15.2. The highest BCUT2D eigenvalue weighted by atomic mass is 79.9. The molecule has 2 aromatic carbocycles. The largest absolute Gasteiger partial charge is 0.483 e. The number of ether oxygens (including phenoxy) is 1. The number of halogens is 1. The van der Waals surface area contributed by atoms with Crippen LogP contribution in [0.4, 0.5) is 0 Å². The molecule has 0 saturated carbocycles. The molecule has 3 rings (SSSR count). The quantitative estimate of drug-likeness (QED) is 0.686. The normalized spacial score (nSPS) is 12.1. The van der Waals surface area contributed by atoms with Gasteiger partial charge in [-0.2, -0.15) is 0 Å². The molecule has 0 aliphatic rings. The number of fused-ring (bicyclic) bond motifs is 1. The van der Waals surface area contributed by atoms with E-state index in [4.69, 9.17) is 9.15 Å². The Morgan fingerprint density at radius 3 is 2.79 bits per heavy atom. The molecule has 4 nitrogen and oxygen atoms in total. The summed E-state index contributed by atoms with van der Waals surface area (Å²) in [5, 5.41) is 3.91. The van der Waals surface area contributed by atoms with Crippen LogP contribution in [0.5, 0.6) is 5.75 Å². The molecule has 0 unspecified atom stereocenters. The minimum Gasteiger partial charge on any atom is -0.483 e. The number of amides is 1. The van der Waals surface area contributed by atoms with Crippen LogP contribution in [0.3, 0.4) is 0 Å². The Morgan fingerprint density at radius 2 is 2.04 bits per heavy atom. The van der Waals surface area contributed by atoms with Crippen molar-refractivity contribution in [3.8, 4) is 5.75 Å². The Bertz CT molecular complexity index is 839. The molecule has 3 aromatic rings. The van der Waals surface area contributed by atoms with Crippen LogP contribution >= 0.6 is 15.9 Å². The molecule has 0 saturated heterocycles. The van der Waals surface area contributed by atoms with Crippen molar-refractivity contribution in [2.45, 2.75) is 19.9 Å². The Morgan fingerprint density at radius 1 is 1.25 bits per heavy atom. The summed E-state index contributed by atoms with van der Waals surface area (Å²) in [6.45, 7) is 3.83. The molecule has 124 valence electrons. The lowest BCUT2D eigenvalue weighted by molar-refractivity contribution is -0.123. The predicted octanol–water partition coefficient (Wildman–Crippen LogP) is 4.76. The number of carbonyl (C=O) groups excluding carboxylic acids is 1. The fourth-order valence-corrected chi connectivity index (χ4v) is 3.04. The highest BCUT2D eigenvalue weighted by molar-refractivity contribution is 9.10. The number of furan rings is 1. The van der Waals surface area contributed by atoms with Crippen molar-refractivity contribution in [3.63, 3.8) is 0 Å². The molecule has 1 aromatic heterocycles. The van der Waals surface area contributed by atoms with E-state index in [1.807, 2.05) is 62.4 Å². The van der Waals surface area contributed by atoms with Crippen molar-refractivity contribution in [1.29, 1.82) is 0 Å². The number of benzene rings is 2. The van der Waals surface area contributed by atoms with Crippen molar-refractivity contribution in [2.75, 3.05) is 6.61 Å². The van der Waals surface area contributed by atoms with Crippen molar-refractivity contribution in [2.24, 2.45) is 0 Å². The fraction of sp³-hybridized carbons (Fsp3) is 0.211. The number of hydrogen-bond acceptors (Lipinski definition) is 3. The molecule has 0 spiro atoms. The lowest BCUT2D eigenvalue weighted by Gasteiger charge is -2.13. The zero-order chi connectivity index (χ0) is 17.1. The minimum absolute atomic E-state index is 0.0494. The van der Waals surface area contributed by atoms with E-state index >= 15 is 0 Å². The number of aryl methyl sites for hydroxylation is 1. The van der Waals surface area contributed by atoms with E-state index in [1.54, 1.807) is 0 Å². The van der Waals surface area contributed by atoms with Crippen LogP contribution in [0.25, 0.3) is 11.0 Å². The maximum atomic E-state index is 12.1. The van der Waals surface area contributed by atoms with Crippen LogP contribution in [-0.2, 0) is 4.79 Å². The minimum atomic E-state index is -0.227. The first kappa shape index (κ1) is 16.6. The molecule has 0 aliphatic carbocycles. The highest BCUT2D eigenvalue weighted by Gasteiger charge is 2.15. The van der Waals surface area contributed by atoms with Crippen molar-refractivity contribution in [3.05, 3.63) is 64.3 Å². The van der Waals surface area contributed by atoms with Gasteiger partial charge < -0.3 is 14.5 Å². The Hall–Kier alpha value is -2.27. The van der Waals surface area contributed by atoms with Gasteiger partial charge in [0.15, 0.2) is 6.61 Å². The maximum absolute atomic E-state index is 12.1. The molecular weight excluding hydrogens is 370 g/mol. The van der Waals surface area contributed by atoms with E-state index < -0.39 is 0 Å². The number of nitrogens with one attached hydrogen (secondary N) is 1. The standard InChI is InChI=1S/C19H18BrNO3/c1-12-7-8-17(15(20)9-12)23-11-19(22)21-13(2)18-10-14-5-3-4-6-16(14)24-18/h3-10,13H,11H2,1-2H3,(H,21,22)/t13-/m1/s1. The molecule has 1 atom stereocenters. The second-order valence-corrected chi connectivity index (χ2v) is 6.55. The zero-order valence-electron chi connectivity index (χ0n) is 13.5. The van der Waals surface area contributed by atoms with Gasteiger partial charge in [0.2, 0.25) is 0 Å². The van der Waals surface area contributed by atoms with Crippen LogP contribution in [0.2, 0.25) is 0 Å². The SMILES string of the molecule is Cc1ccc(OCC(=O)N[C@H](C)c2cc3ccccc3o2)c(Br)c1. The van der Waals surface area contributed by atoms with Gasteiger partial charge in [-0.15, -0.1) is 0 Å². The van der Waals surface area contributed by atoms with Crippen LogP contribution in [0.15, 0.2) is 57.4 Å². The van der Waals surface area contributed by atoms with Gasteiger partial charge in [0, 0.05) is 5.39 Å². The summed E-state index contributed by atoms with van der Waals surface area (Å²) in [5.41, 5.74) is 1.94. The van der Waals surface area contributed by atoms with Gasteiger partial charge in [-0.05, 0) is 59.6 Å². The van der Waals surface area contributed by atoms with Gasteiger partial charge >= 0.3 is 0 Å². The molecule has 0 bridgehead atoms. The molecule has 1 N–H and O–H groups in total. The number of hydrogen-bond donors (Lipinski definition) is 1. The van der Waals surface area contributed by atoms with Gasteiger partial charge in [0.25, 0.3) is 5.91 Å². The van der Waals surface area contributed by atoms with E-state index in [2.05, 4.69) is 21.2 Å². The van der Waals surface area contributed by atoms with Crippen molar-refractivity contribution in [1.82, 2.24) is 5.32 Å². The Kier molecular flexibility index (Phi) is 4.90. The molecule has 24 heavy (non-hydrogen) atoms. The number of para-hydroxylation sites is 1. The number of carbonyl (C=O) groups is 1. The second-order valence-electron chi connectivity index (χ2n) is 5.70. The summed E-state index contributed by atoms with van der Waals surface area (Å²) < 4.78 is 12.2. The lowest BCUT2D eigenvalue weighted by atomic mass is 10.2. The van der Waals surface area contributed by atoms with Gasteiger partial charge in [-0.3, -0.25) is 4.79 Å². The van der Waals surface area contributed by atoms with E-state index in [0.29, 0.717) is 5.75 Å². The third-order valence-electron chi connectivity index (χ3n) is 3.69. The smallest absolute Gasteiger partial charge is 0.258 e. The first-order valence-corrected chi connectivity index (χ1v) is 8.49. The summed E-state index contributed by atoms with van der Waals surface area (Å²) in [7, 11) is 0. The average Bonchev–Trinajstić information content (AvgIpc) is 2.98. The van der Waals surface area contributed by atoms with E-state index in [0.717, 1.165) is 26.8 Å². The Labute approximate surface area is 148 Å². The van der Waals surface area contributed by atoms with E-state index in [1.165, 1.54) is 0 Å². The Balaban J connectivity index is 1.59.